The Kier molecular flexibility index (Phi) is 9.11. The van der Waals surface area contributed by atoms with Crippen LogP contribution in [-0.4, -0.2) is 35.0 Å². The average Bonchev–Trinajstić information content (AvgIpc) is 2.49. The second kappa shape index (κ2) is 10.6. The fraction of sp³-hybridized carbons (Fsp3) is 0.882. The first-order chi connectivity index (χ1) is 10.2. The maximum absolute atomic E-state index is 11.3. The standard InChI is InChI=1S/C17H31NO3/c1-2-3-7-15-9-11-16(12-10-15)18(14-19)13-6-4-5-8-17(20)21/h14-16H,2-13H2,1H3,(H,20,21). The number of unbranched alkanes of at least 4 members (excludes halogenated alkanes) is 3. The zero-order chi connectivity index (χ0) is 15.5. The highest BCUT2D eigenvalue weighted by Crippen LogP contribution is 2.30. The molecule has 4 heteroatoms. The van der Waals surface area contributed by atoms with Crippen molar-refractivity contribution in [2.75, 3.05) is 6.54 Å². The summed E-state index contributed by atoms with van der Waals surface area (Å²) < 4.78 is 0. The van der Waals surface area contributed by atoms with E-state index < -0.39 is 5.97 Å². The molecule has 0 aromatic heterocycles. The van der Waals surface area contributed by atoms with Gasteiger partial charge in [-0.2, -0.15) is 0 Å². The molecule has 0 heterocycles. The van der Waals surface area contributed by atoms with Gasteiger partial charge in [-0.3, -0.25) is 9.59 Å². The molecule has 1 rings (SSSR count). The van der Waals surface area contributed by atoms with Gasteiger partial charge in [0, 0.05) is 19.0 Å². The third-order valence-corrected chi connectivity index (χ3v) is 4.69. The van der Waals surface area contributed by atoms with E-state index in [1.807, 2.05) is 4.90 Å². The Balaban J connectivity index is 2.18. The molecule has 1 fully saturated rings. The zero-order valence-electron chi connectivity index (χ0n) is 13.4. The molecule has 1 aliphatic rings. The molecule has 1 aliphatic carbocycles. The predicted molar refractivity (Wildman–Crippen MR) is 84.1 cm³/mol. The van der Waals surface area contributed by atoms with Crippen LogP contribution in [0.5, 0.6) is 0 Å². The van der Waals surface area contributed by atoms with E-state index >= 15 is 0 Å². The van der Waals surface area contributed by atoms with Crippen LogP contribution in [0.4, 0.5) is 0 Å². The molecule has 0 radical (unpaired) electrons. The lowest BCUT2D eigenvalue weighted by atomic mass is 9.82. The van der Waals surface area contributed by atoms with E-state index in [2.05, 4.69) is 6.92 Å². The molecule has 1 saturated carbocycles. The van der Waals surface area contributed by atoms with Gasteiger partial charge >= 0.3 is 5.97 Å². The van der Waals surface area contributed by atoms with Crippen molar-refractivity contribution in [3.05, 3.63) is 0 Å². The molecule has 21 heavy (non-hydrogen) atoms. The molecule has 0 unspecified atom stereocenters. The summed E-state index contributed by atoms with van der Waals surface area (Å²) >= 11 is 0. The summed E-state index contributed by atoms with van der Waals surface area (Å²) in [5.41, 5.74) is 0. The number of aliphatic carboxylic acids is 1. The van der Waals surface area contributed by atoms with Crippen molar-refractivity contribution in [1.29, 1.82) is 0 Å². The summed E-state index contributed by atoms with van der Waals surface area (Å²) in [5.74, 6) is 0.137. The zero-order valence-corrected chi connectivity index (χ0v) is 13.4. The van der Waals surface area contributed by atoms with Crippen LogP contribution < -0.4 is 0 Å². The lowest BCUT2D eigenvalue weighted by Gasteiger charge is -2.35. The predicted octanol–water partition coefficient (Wildman–Crippen LogP) is 3.84. The fourth-order valence-electron chi connectivity index (χ4n) is 3.33. The van der Waals surface area contributed by atoms with Crippen molar-refractivity contribution in [3.63, 3.8) is 0 Å². The number of carboxylic acid groups (broad SMARTS) is 1. The van der Waals surface area contributed by atoms with Crippen molar-refractivity contribution in [3.8, 4) is 0 Å². The monoisotopic (exact) mass is 297 g/mol. The Bertz CT molecular complexity index is 298. The summed E-state index contributed by atoms with van der Waals surface area (Å²) in [6, 6.07) is 0.417. The van der Waals surface area contributed by atoms with Crippen LogP contribution in [0, 0.1) is 5.92 Å². The summed E-state index contributed by atoms with van der Waals surface area (Å²) in [6.45, 7) is 3.03. The number of hydrogen-bond acceptors (Lipinski definition) is 2. The minimum Gasteiger partial charge on any atom is -0.481 e. The van der Waals surface area contributed by atoms with Crippen molar-refractivity contribution in [2.24, 2.45) is 5.92 Å². The van der Waals surface area contributed by atoms with Crippen LogP contribution in [-0.2, 0) is 9.59 Å². The Hall–Kier alpha value is -1.06. The summed E-state index contributed by atoms with van der Waals surface area (Å²) in [7, 11) is 0. The first-order valence-corrected chi connectivity index (χ1v) is 8.60. The van der Waals surface area contributed by atoms with Crippen molar-refractivity contribution >= 4 is 12.4 Å². The SMILES string of the molecule is CCCCC1CCC(N(C=O)CCCCCC(=O)O)CC1. The van der Waals surface area contributed by atoms with Crippen molar-refractivity contribution in [2.45, 2.75) is 83.6 Å². The molecule has 1 amide bonds. The molecule has 0 bridgehead atoms. The number of hydrogen-bond donors (Lipinski definition) is 1. The van der Waals surface area contributed by atoms with Gasteiger partial charge in [-0.05, 0) is 44.4 Å². The van der Waals surface area contributed by atoms with E-state index in [1.165, 1.54) is 32.1 Å². The van der Waals surface area contributed by atoms with E-state index in [0.717, 1.165) is 44.6 Å². The third kappa shape index (κ3) is 7.49. The van der Waals surface area contributed by atoms with Crippen LogP contribution in [0.3, 0.4) is 0 Å². The molecule has 1 N–H and O–H groups in total. The van der Waals surface area contributed by atoms with Gasteiger partial charge in [0.2, 0.25) is 6.41 Å². The number of carbonyl (C=O) groups excluding carboxylic acids is 1. The number of rotatable bonds is 11. The molecular formula is C17H31NO3. The average molecular weight is 297 g/mol. The van der Waals surface area contributed by atoms with Crippen molar-refractivity contribution in [1.82, 2.24) is 4.90 Å². The first-order valence-electron chi connectivity index (χ1n) is 8.60. The maximum atomic E-state index is 11.3. The van der Waals surface area contributed by atoms with Gasteiger partial charge in [-0.1, -0.05) is 32.6 Å². The molecule has 0 aromatic rings. The van der Waals surface area contributed by atoms with Gasteiger partial charge in [0.05, 0.1) is 0 Å². The van der Waals surface area contributed by atoms with Gasteiger partial charge in [-0.25, -0.2) is 0 Å². The van der Waals surface area contributed by atoms with E-state index in [0.29, 0.717) is 12.5 Å². The Labute approximate surface area is 128 Å². The van der Waals surface area contributed by atoms with Crippen LogP contribution >= 0.6 is 0 Å². The molecular weight excluding hydrogens is 266 g/mol. The van der Waals surface area contributed by atoms with E-state index in [9.17, 15) is 9.59 Å². The fourth-order valence-corrected chi connectivity index (χ4v) is 3.33. The number of nitrogens with zero attached hydrogens (tertiary/aromatic N) is 1. The van der Waals surface area contributed by atoms with Crippen LogP contribution in [0.15, 0.2) is 0 Å². The Morgan fingerprint density at radius 2 is 1.86 bits per heavy atom. The lowest BCUT2D eigenvalue weighted by Crippen LogP contribution is -2.37. The lowest BCUT2D eigenvalue weighted by molar-refractivity contribution is -0.137. The molecule has 0 saturated heterocycles. The van der Waals surface area contributed by atoms with E-state index in [1.54, 1.807) is 0 Å². The van der Waals surface area contributed by atoms with Gasteiger partial charge in [-0.15, -0.1) is 0 Å². The second-order valence-electron chi connectivity index (χ2n) is 6.36. The quantitative estimate of drug-likeness (QED) is 0.465. The van der Waals surface area contributed by atoms with E-state index in [4.69, 9.17) is 5.11 Å². The molecule has 4 nitrogen and oxygen atoms in total. The highest BCUT2D eigenvalue weighted by atomic mass is 16.4. The number of carbonyl (C=O) groups is 2. The number of amides is 1. The van der Waals surface area contributed by atoms with Gasteiger partial charge in [0.1, 0.15) is 0 Å². The molecule has 0 aromatic carbocycles. The van der Waals surface area contributed by atoms with E-state index in [-0.39, 0.29) is 6.42 Å². The minimum absolute atomic E-state index is 0.240. The Morgan fingerprint density at radius 3 is 2.43 bits per heavy atom. The first kappa shape index (κ1) is 18.0. The summed E-state index contributed by atoms with van der Waals surface area (Å²) in [6.07, 6.45) is 12.5. The minimum atomic E-state index is -0.729. The largest absolute Gasteiger partial charge is 0.481 e. The smallest absolute Gasteiger partial charge is 0.303 e. The van der Waals surface area contributed by atoms with Crippen molar-refractivity contribution < 1.29 is 14.7 Å². The third-order valence-electron chi connectivity index (χ3n) is 4.69. The summed E-state index contributed by atoms with van der Waals surface area (Å²) in [5, 5.41) is 8.59. The van der Waals surface area contributed by atoms with Gasteiger partial charge < -0.3 is 10.0 Å². The highest BCUT2D eigenvalue weighted by molar-refractivity contribution is 5.66. The second-order valence-corrected chi connectivity index (χ2v) is 6.36. The molecule has 122 valence electrons. The Morgan fingerprint density at radius 1 is 1.14 bits per heavy atom. The summed E-state index contributed by atoms with van der Waals surface area (Å²) in [4.78, 5) is 23.7. The normalized spacial score (nSPS) is 22.0. The van der Waals surface area contributed by atoms with Crippen LogP contribution in [0.1, 0.15) is 77.6 Å². The molecule has 0 spiro atoms. The van der Waals surface area contributed by atoms with Crippen LogP contribution in [0.2, 0.25) is 0 Å². The molecule has 0 aliphatic heterocycles. The van der Waals surface area contributed by atoms with Crippen LogP contribution in [0.25, 0.3) is 0 Å². The maximum Gasteiger partial charge on any atom is 0.303 e. The highest BCUT2D eigenvalue weighted by Gasteiger charge is 2.24. The van der Waals surface area contributed by atoms with Gasteiger partial charge in [0.15, 0.2) is 0 Å². The molecule has 0 atom stereocenters. The van der Waals surface area contributed by atoms with Gasteiger partial charge in [0.25, 0.3) is 0 Å². The topological polar surface area (TPSA) is 57.6 Å². The number of carboxylic acids is 1.